The minimum Gasteiger partial charge on any atom is -0.490 e. The molecular weight excluding hydrogens is 504 g/mol. The summed E-state index contributed by atoms with van der Waals surface area (Å²) in [5.74, 6) is 0.415. The normalized spacial score (nSPS) is 14.4. The monoisotopic (exact) mass is 524 g/mol. The van der Waals surface area contributed by atoms with Gasteiger partial charge in [-0.2, -0.15) is 0 Å². The molecule has 0 aromatic heterocycles. The number of para-hydroxylation sites is 1. The van der Waals surface area contributed by atoms with Crippen LogP contribution in [0.3, 0.4) is 0 Å². The number of halogens is 1. The van der Waals surface area contributed by atoms with Gasteiger partial charge >= 0.3 is 0 Å². The van der Waals surface area contributed by atoms with Crippen LogP contribution in [0.1, 0.15) is 23.6 Å². The van der Waals surface area contributed by atoms with Crippen LogP contribution in [0.5, 0.6) is 11.5 Å². The van der Waals surface area contributed by atoms with Gasteiger partial charge in [0.05, 0.1) is 28.5 Å². The van der Waals surface area contributed by atoms with E-state index < -0.39 is 10.8 Å². The maximum Gasteiger partial charge on any atom is 0.293 e. The van der Waals surface area contributed by atoms with E-state index in [-0.39, 0.29) is 29.0 Å². The molecule has 1 saturated heterocycles. The van der Waals surface area contributed by atoms with E-state index >= 15 is 0 Å². The molecule has 36 heavy (non-hydrogen) atoms. The molecule has 2 amide bonds. The van der Waals surface area contributed by atoms with Crippen molar-refractivity contribution in [2.75, 3.05) is 6.61 Å². The first kappa shape index (κ1) is 25.3. The third kappa shape index (κ3) is 5.69. The first-order valence-corrected chi connectivity index (χ1v) is 12.2. The number of ether oxygens (including phenoxy) is 2. The van der Waals surface area contributed by atoms with E-state index in [4.69, 9.17) is 21.1 Å². The summed E-state index contributed by atoms with van der Waals surface area (Å²) in [5, 5.41) is 11.4. The Kier molecular flexibility index (Phi) is 7.92. The molecule has 1 heterocycles. The van der Waals surface area contributed by atoms with Crippen LogP contribution in [0.2, 0.25) is 5.02 Å². The molecule has 1 fully saturated rings. The summed E-state index contributed by atoms with van der Waals surface area (Å²) in [6.07, 6.45) is 1.62. The van der Waals surface area contributed by atoms with E-state index in [1.807, 2.05) is 6.92 Å². The van der Waals surface area contributed by atoms with Gasteiger partial charge in [0.2, 0.25) is 0 Å². The smallest absolute Gasteiger partial charge is 0.293 e. The average Bonchev–Trinajstić information content (AvgIpc) is 3.12. The molecule has 0 atom stereocenters. The van der Waals surface area contributed by atoms with Crippen LogP contribution >= 0.6 is 23.4 Å². The Morgan fingerprint density at radius 3 is 2.44 bits per heavy atom. The summed E-state index contributed by atoms with van der Waals surface area (Å²) < 4.78 is 11.5. The van der Waals surface area contributed by atoms with Crippen molar-refractivity contribution in [3.8, 4) is 11.5 Å². The van der Waals surface area contributed by atoms with Crippen molar-refractivity contribution in [1.82, 2.24) is 4.90 Å². The third-order valence-corrected chi connectivity index (χ3v) is 6.57. The quantitative estimate of drug-likeness (QED) is 0.180. The number of hydrogen-bond acceptors (Lipinski definition) is 7. The van der Waals surface area contributed by atoms with E-state index in [0.29, 0.717) is 39.8 Å². The van der Waals surface area contributed by atoms with Crippen molar-refractivity contribution < 1.29 is 24.0 Å². The van der Waals surface area contributed by atoms with E-state index in [2.05, 4.69) is 0 Å². The number of nitro groups is 1. The molecule has 0 bridgehead atoms. The van der Waals surface area contributed by atoms with Gasteiger partial charge in [-0.15, -0.1) is 0 Å². The lowest BCUT2D eigenvalue weighted by molar-refractivity contribution is -0.385. The van der Waals surface area contributed by atoms with Gasteiger partial charge in [0, 0.05) is 11.1 Å². The van der Waals surface area contributed by atoms with Crippen LogP contribution in [-0.2, 0) is 17.9 Å². The summed E-state index contributed by atoms with van der Waals surface area (Å²) >= 11 is 7.04. The number of thioether (sulfide) groups is 1. The Bertz CT molecular complexity index is 1360. The lowest BCUT2D eigenvalue weighted by Crippen LogP contribution is -2.27. The molecule has 0 aliphatic carbocycles. The average molecular weight is 525 g/mol. The first-order valence-electron chi connectivity index (χ1n) is 11.0. The highest BCUT2D eigenvalue weighted by atomic mass is 35.5. The zero-order valence-corrected chi connectivity index (χ0v) is 20.8. The van der Waals surface area contributed by atoms with Gasteiger partial charge in [-0.3, -0.25) is 24.6 Å². The van der Waals surface area contributed by atoms with Gasteiger partial charge < -0.3 is 9.47 Å². The van der Waals surface area contributed by atoms with E-state index in [9.17, 15) is 19.7 Å². The van der Waals surface area contributed by atoms with Crippen molar-refractivity contribution in [2.24, 2.45) is 0 Å². The van der Waals surface area contributed by atoms with Gasteiger partial charge in [0.25, 0.3) is 16.8 Å². The Morgan fingerprint density at radius 1 is 1.00 bits per heavy atom. The second-order valence-electron chi connectivity index (χ2n) is 7.67. The molecule has 0 spiro atoms. The lowest BCUT2D eigenvalue weighted by Gasteiger charge is -2.14. The van der Waals surface area contributed by atoms with Crippen LogP contribution < -0.4 is 9.47 Å². The zero-order chi connectivity index (χ0) is 25.7. The molecule has 3 aromatic carbocycles. The van der Waals surface area contributed by atoms with Crippen LogP contribution in [-0.4, -0.2) is 27.6 Å². The summed E-state index contributed by atoms with van der Waals surface area (Å²) in [4.78, 5) is 37.7. The standard InChI is InChI=1S/C26H21ClN2O6S/c1-2-34-23-13-17(11-12-22(23)35-16-19-8-4-6-10-21(19)29(32)33)14-24-25(30)28(26(31)36-24)15-18-7-3-5-9-20(18)27/h3-14H,2,15-16H2,1H3/b24-14-. The van der Waals surface area contributed by atoms with Crippen LogP contribution in [0, 0.1) is 10.1 Å². The second kappa shape index (κ2) is 11.3. The minimum atomic E-state index is -0.454. The number of amides is 2. The highest BCUT2D eigenvalue weighted by Crippen LogP contribution is 2.36. The van der Waals surface area contributed by atoms with Gasteiger partial charge in [0.15, 0.2) is 11.5 Å². The molecule has 3 aromatic rings. The van der Waals surface area contributed by atoms with Crippen molar-refractivity contribution in [3.05, 3.63) is 103 Å². The summed E-state index contributed by atoms with van der Waals surface area (Å²) in [5.41, 5.74) is 1.72. The summed E-state index contributed by atoms with van der Waals surface area (Å²) in [7, 11) is 0. The fourth-order valence-electron chi connectivity index (χ4n) is 3.55. The van der Waals surface area contributed by atoms with Crippen molar-refractivity contribution >= 4 is 46.3 Å². The Morgan fingerprint density at radius 2 is 1.72 bits per heavy atom. The molecule has 0 N–H and O–H groups in total. The Hall–Kier alpha value is -3.82. The van der Waals surface area contributed by atoms with Gasteiger partial charge in [-0.05, 0) is 60.2 Å². The molecule has 8 nitrogen and oxygen atoms in total. The van der Waals surface area contributed by atoms with E-state index in [0.717, 1.165) is 16.7 Å². The molecule has 184 valence electrons. The zero-order valence-electron chi connectivity index (χ0n) is 19.2. The topological polar surface area (TPSA) is 99.0 Å². The largest absolute Gasteiger partial charge is 0.490 e. The van der Waals surface area contributed by atoms with E-state index in [1.165, 1.54) is 6.07 Å². The fourth-order valence-corrected chi connectivity index (χ4v) is 4.59. The molecule has 4 rings (SSSR count). The lowest BCUT2D eigenvalue weighted by atomic mass is 10.1. The molecule has 1 aliphatic heterocycles. The molecule has 1 aliphatic rings. The molecule has 0 unspecified atom stereocenters. The number of carbonyl (C=O) groups excluding carboxylic acids is 2. The number of rotatable bonds is 9. The highest BCUT2D eigenvalue weighted by molar-refractivity contribution is 8.18. The number of benzene rings is 3. The SMILES string of the molecule is CCOc1cc(/C=C2\SC(=O)N(Cc3ccccc3Cl)C2=O)ccc1OCc1ccccc1[N+](=O)[O-]. The van der Waals surface area contributed by atoms with Gasteiger partial charge in [-0.25, -0.2) is 0 Å². The number of nitro benzene ring substituents is 1. The third-order valence-electron chi connectivity index (χ3n) is 5.30. The minimum absolute atomic E-state index is 0.0164. The van der Waals surface area contributed by atoms with Crippen LogP contribution in [0.15, 0.2) is 71.6 Å². The molecule has 0 saturated carbocycles. The second-order valence-corrected chi connectivity index (χ2v) is 9.07. The molecule has 0 radical (unpaired) electrons. The first-order chi connectivity index (χ1) is 17.4. The van der Waals surface area contributed by atoms with Gasteiger partial charge in [0.1, 0.15) is 6.61 Å². The van der Waals surface area contributed by atoms with Crippen molar-refractivity contribution in [3.63, 3.8) is 0 Å². The van der Waals surface area contributed by atoms with E-state index in [1.54, 1.807) is 66.7 Å². The summed E-state index contributed by atoms with van der Waals surface area (Å²) in [6.45, 7) is 2.25. The number of imide groups is 1. The number of hydrogen-bond donors (Lipinski definition) is 0. The molecule has 10 heteroatoms. The van der Waals surface area contributed by atoms with Crippen molar-refractivity contribution in [1.29, 1.82) is 0 Å². The molecular formula is C26H21ClN2O6S. The number of carbonyl (C=O) groups is 2. The maximum atomic E-state index is 12.9. The Labute approximate surface area is 216 Å². The fraction of sp³-hybridized carbons (Fsp3) is 0.154. The van der Waals surface area contributed by atoms with Crippen LogP contribution in [0.25, 0.3) is 6.08 Å². The predicted molar refractivity (Wildman–Crippen MR) is 138 cm³/mol. The number of nitrogens with zero attached hydrogens (tertiary/aromatic N) is 2. The summed E-state index contributed by atoms with van der Waals surface area (Å²) in [6, 6.07) is 18.5. The van der Waals surface area contributed by atoms with Gasteiger partial charge in [-0.1, -0.05) is 48.0 Å². The Balaban J connectivity index is 1.53. The maximum absolute atomic E-state index is 12.9. The predicted octanol–water partition coefficient (Wildman–Crippen LogP) is 6.46. The van der Waals surface area contributed by atoms with Crippen molar-refractivity contribution in [2.45, 2.75) is 20.1 Å². The van der Waals surface area contributed by atoms with Crippen LogP contribution in [0.4, 0.5) is 10.5 Å². The highest BCUT2D eigenvalue weighted by Gasteiger charge is 2.35.